The zero-order valence-electron chi connectivity index (χ0n) is 10.2. The highest BCUT2D eigenvalue weighted by Crippen LogP contribution is 2.25. The molecule has 3 nitrogen and oxygen atoms in total. The topological polar surface area (TPSA) is 52.5 Å². The molecule has 1 rings (SSSR count). The summed E-state index contributed by atoms with van der Waals surface area (Å²) in [6.07, 6.45) is 0.719. The molecule has 2 atom stereocenters. The molecule has 0 amide bonds. The Kier molecular flexibility index (Phi) is 4.77. The quantitative estimate of drug-likeness (QED) is 0.716. The maximum absolute atomic E-state index is 9.76. The second-order valence-electron chi connectivity index (χ2n) is 4.36. The van der Waals surface area contributed by atoms with Gasteiger partial charge in [-0.2, -0.15) is 0 Å². The fourth-order valence-electron chi connectivity index (χ4n) is 1.81. The number of hydrogen-bond donors (Lipinski definition) is 3. The van der Waals surface area contributed by atoms with Gasteiger partial charge in [0.1, 0.15) is 5.75 Å². The van der Waals surface area contributed by atoms with Crippen LogP contribution in [0, 0.1) is 6.92 Å². The monoisotopic (exact) mass is 223 g/mol. The van der Waals surface area contributed by atoms with Crippen LogP contribution in [0.4, 0.5) is 0 Å². The number of aliphatic hydroxyl groups excluding tert-OH is 1. The lowest BCUT2D eigenvalue weighted by Gasteiger charge is -2.20. The molecule has 3 N–H and O–H groups in total. The first-order valence-corrected chi connectivity index (χ1v) is 5.71. The molecule has 1 aromatic carbocycles. The van der Waals surface area contributed by atoms with Crippen LogP contribution in [-0.4, -0.2) is 22.9 Å². The third-order valence-electron chi connectivity index (χ3n) is 2.75. The standard InChI is InChI=1S/C13H21NO2/c1-9-4-5-13(16)12(8-9)11(3)14-10(2)6-7-15/h4-5,8,10-11,14-16H,6-7H2,1-3H3/t10-,11?/m1/s1. The summed E-state index contributed by atoms with van der Waals surface area (Å²) in [5, 5.41) is 21.9. The molecule has 0 fully saturated rings. The van der Waals surface area contributed by atoms with Crippen LogP contribution in [0.1, 0.15) is 37.4 Å². The first kappa shape index (κ1) is 13.0. The minimum atomic E-state index is 0.0847. The maximum atomic E-state index is 9.76. The van der Waals surface area contributed by atoms with Gasteiger partial charge in [-0.15, -0.1) is 0 Å². The van der Waals surface area contributed by atoms with Gasteiger partial charge in [-0.25, -0.2) is 0 Å². The van der Waals surface area contributed by atoms with Crippen LogP contribution in [0.2, 0.25) is 0 Å². The molecular formula is C13H21NO2. The van der Waals surface area contributed by atoms with Crippen molar-refractivity contribution in [1.82, 2.24) is 5.32 Å². The number of aryl methyl sites for hydroxylation is 1. The van der Waals surface area contributed by atoms with Crippen molar-refractivity contribution < 1.29 is 10.2 Å². The number of phenolic OH excluding ortho intramolecular Hbond substituents is 1. The molecule has 0 saturated carbocycles. The van der Waals surface area contributed by atoms with E-state index in [1.54, 1.807) is 6.07 Å². The van der Waals surface area contributed by atoms with Crippen LogP contribution < -0.4 is 5.32 Å². The third kappa shape index (κ3) is 3.51. The van der Waals surface area contributed by atoms with Gasteiger partial charge in [0.15, 0.2) is 0 Å². The van der Waals surface area contributed by atoms with E-state index in [9.17, 15) is 5.11 Å². The zero-order chi connectivity index (χ0) is 12.1. The van der Waals surface area contributed by atoms with Gasteiger partial charge in [-0.3, -0.25) is 0 Å². The summed E-state index contributed by atoms with van der Waals surface area (Å²) in [4.78, 5) is 0. The lowest BCUT2D eigenvalue weighted by Crippen LogP contribution is -2.29. The Hall–Kier alpha value is -1.06. The number of aromatic hydroxyl groups is 1. The molecule has 0 aromatic heterocycles. The maximum Gasteiger partial charge on any atom is 0.120 e. The largest absolute Gasteiger partial charge is 0.508 e. The number of nitrogens with one attached hydrogen (secondary N) is 1. The Balaban J connectivity index is 2.72. The molecule has 16 heavy (non-hydrogen) atoms. The predicted molar refractivity (Wildman–Crippen MR) is 65.6 cm³/mol. The first-order valence-electron chi connectivity index (χ1n) is 5.71. The smallest absolute Gasteiger partial charge is 0.120 e. The number of rotatable bonds is 5. The molecule has 0 aliphatic rings. The Morgan fingerprint density at radius 2 is 2.00 bits per heavy atom. The Labute approximate surface area is 97.1 Å². The molecule has 0 bridgehead atoms. The van der Waals surface area contributed by atoms with Crippen molar-refractivity contribution >= 4 is 0 Å². The molecule has 1 aromatic rings. The van der Waals surface area contributed by atoms with Crippen molar-refractivity contribution in [3.8, 4) is 5.75 Å². The lowest BCUT2D eigenvalue weighted by atomic mass is 10.0. The molecule has 0 radical (unpaired) electrons. The average molecular weight is 223 g/mol. The highest BCUT2D eigenvalue weighted by Gasteiger charge is 2.12. The van der Waals surface area contributed by atoms with Crippen LogP contribution in [0.3, 0.4) is 0 Å². The van der Waals surface area contributed by atoms with Gasteiger partial charge >= 0.3 is 0 Å². The molecule has 0 spiro atoms. The van der Waals surface area contributed by atoms with Crippen molar-refractivity contribution in [1.29, 1.82) is 0 Å². The number of phenols is 1. The van der Waals surface area contributed by atoms with E-state index in [2.05, 4.69) is 5.32 Å². The second kappa shape index (κ2) is 5.87. The normalized spacial score (nSPS) is 14.8. The van der Waals surface area contributed by atoms with Gasteiger partial charge in [-0.1, -0.05) is 17.7 Å². The molecule has 3 heteroatoms. The van der Waals surface area contributed by atoms with Crippen LogP contribution in [-0.2, 0) is 0 Å². The van der Waals surface area contributed by atoms with E-state index in [0.29, 0.717) is 5.75 Å². The van der Waals surface area contributed by atoms with Crippen molar-refractivity contribution in [2.75, 3.05) is 6.61 Å². The SMILES string of the molecule is Cc1ccc(O)c(C(C)N[C@H](C)CCO)c1. The van der Waals surface area contributed by atoms with Gasteiger partial charge in [0, 0.05) is 24.3 Å². The van der Waals surface area contributed by atoms with Gasteiger partial charge in [0.25, 0.3) is 0 Å². The molecule has 0 aliphatic heterocycles. The predicted octanol–water partition coefficient (Wildman–Crippen LogP) is 2.12. The van der Waals surface area contributed by atoms with Crippen LogP contribution >= 0.6 is 0 Å². The zero-order valence-corrected chi connectivity index (χ0v) is 10.2. The van der Waals surface area contributed by atoms with Gasteiger partial charge in [-0.05, 0) is 33.3 Å². The minimum absolute atomic E-state index is 0.0847. The number of aliphatic hydroxyl groups is 1. The van der Waals surface area contributed by atoms with Gasteiger partial charge < -0.3 is 15.5 Å². The summed E-state index contributed by atoms with van der Waals surface area (Å²) < 4.78 is 0. The van der Waals surface area contributed by atoms with Crippen LogP contribution in [0.25, 0.3) is 0 Å². The van der Waals surface area contributed by atoms with E-state index in [0.717, 1.165) is 17.5 Å². The fourth-order valence-corrected chi connectivity index (χ4v) is 1.81. The third-order valence-corrected chi connectivity index (χ3v) is 2.75. The van der Waals surface area contributed by atoms with Gasteiger partial charge in [0.2, 0.25) is 0 Å². The molecule has 0 aliphatic carbocycles. The van der Waals surface area contributed by atoms with Crippen LogP contribution in [0.15, 0.2) is 18.2 Å². The summed E-state index contributed by atoms with van der Waals surface area (Å²) in [6.45, 7) is 6.23. The van der Waals surface area contributed by atoms with Crippen LogP contribution in [0.5, 0.6) is 5.75 Å². The Morgan fingerprint density at radius 3 is 2.62 bits per heavy atom. The number of benzene rings is 1. The minimum Gasteiger partial charge on any atom is -0.508 e. The summed E-state index contributed by atoms with van der Waals surface area (Å²) in [5.41, 5.74) is 2.04. The van der Waals surface area contributed by atoms with Crippen molar-refractivity contribution in [3.05, 3.63) is 29.3 Å². The fraction of sp³-hybridized carbons (Fsp3) is 0.538. The molecule has 0 heterocycles. The van der Waals surface area contributed by atoms with Crippen molar-refractivity contribution in [2.45, 2.75) is 39.3 Å². The summed E-state index contributed by atoms with van der Waals surface area (Å²) in [5.74, 6) is 0.321. The molecule has 90 valence electrons. The van der Waals surface area contributed by atoms with E-state index >= 15 is 0 Å². The van der Waals surface area contributed by atoms with E-state index in [-0.39, 0.29) is 18.7 Å². The molecular weight excluding hydrogens is 202 g/mol. The second-order valence-corrected chi connectivity index (χ2v) is 4.36. The Bertz CT molecular complexity index is 339. The molecule has 0 saturated heterocycles. The van der Waals surface area contributed by atoms with Crippen molar-refractivity contribution in [2.24, 2.45) is 0 Å². The summed E-state index contributed by atoms with van der Waals surface area (Å²) in [6, 6.07) is 5.92. The average Bonchev–Trinajstić information content (AvgIpc) is 2.21. The first-order chi connectivity index (χ1) is 7.54. The summed E-state index contributed by atoms with van der Waals surface area (Å²) in [7, 11) is 0. The lowest BCUT2D eigenvalue weighted by molar-refractivity contribution is 0.264. The van der Waals surface area contributed by atoms with E-state index < -0.39 is 0 Å². The number of hydrogen-bond acceptors (Lipinski definition) is 3. The van der Waals surface area contributed by atoms with E-state index in [4.69, 9.17) is 5.11 Å². The van der Waals surface area contributed by atoms with Gasteiger partial charge in [0.05, 0.1) is 0 Å². The highest BCUT2D eigenvalue weighted by atomic mass is 16.3. The highest BCUT2D eigenvalue weighted by molar-refractivity contribution is 5.37. The summed E-state index contributed by atoms with van der Waals surface area (Å²) >= 11 is 0. The Morgan fingerprint density at radius 1 is 1.31 bits per heavy atom. The van der Waals surface area contributed by atoms with E-state index in [1.165, 1.54) is 0 Å². The molecule has 1 unspecified atom stereocenters. The van der Waals surface area contributed by atoms with Crippen molar-refractivity contribution in [3.63, 3.8) is 0 Å². The van der Waals surface area contributed by atoms with E-state index in [1.807, 2.05) is 32.9 Å².